The van der Waals surface area contributed by atoms with E-state index >= 15 is 0 Å². The van der Waals surface area contributed by atoms with Crippen molar-refractivity contribution in [1.82, 2.24) is 19.3 Å². The van der Waals surface area contributed by atoms with Crippen molar-refractivity contribution in [2.45, 2.75) is 27.3 Å². The van der Waals surface area contributed by atoms with Gasteiger partial charge in [0.05, 0.1) is 34.3 Å². The third-order valence-electron chi connectivity index (χ3n) is 5.66. The number of H-pyrrole nitrogens is 1. The minimum Gasteiger partial charge on any atom is -0.477 e. The first kappa shape index (κ1) is 20.0. The average molecular weight is 450 g/mol. The van der Waals surface area contributed by atoms with Crippen LogP contribution in [0, 0.1) is 20.8 Å². The van der Waals surface area contributed by atoms with Gasteiger partial charge in [-0.1, -0.05) is 16.8 Å². The van der Waals surface area contributed by atoms with E-state index in [9.17, 15) is 19.5 Å². The van der Waals surface area contributed by atoms with Crippen LogP contribution in [0.5, 0.6) is 0 Å². The van der Waals surface area contributed by atoms with Gasteiger partial charge in [-0.2, -0.15) is 0 Å². The Morgan fingerprint density at radius 1 is 1.19 bits per heavy atom. The van der Waals surface area contributed by atoms with E-state index in [1.807, 2.05) is 13.0 Å². The van der Waals surface area contributed by atoms with Crippen molar-refractivity contribution >= 4 is 39.1 Å². The number of aromatic nitrogens is 4. The molecule has 0 aliphatic heterocycles. The molecule has 2 N–H and O–H groups in total. The zero-order valence-corrected chi connectivity index (χ0v) is 18.2. The molecule has 0 saturated heterocycles. The monoisotopic (exact) mass is 450 g/mol. The third kappa shape index (κ3) is 2.83. The van der Waals surface area contributed by atoms with E-state index in [-0.39, 0.29) is 17.9 Å². The summed E-state index contributed by atoms with van der Waals surface area (Å²) in [6, 6.07) is 5.43. The van der Waals surface area contributed by atoms with Gasteiger partial charge in [0.1, 0.15) is 5.76 Å². The highest BCUT2D eigenvalue weighted by Gasteiger charge is 2.28. The Bertz CT molecular complexity index is 1640. The number of hydrogen-bond acceptors (Lipinski definition) is 6. The van der Waals surface area contributed by atoms with Crippen LogP contribution < -0.4 is 11.2 Å². The summed E-state index contributed by atoms with van der Waals surface area (Å²) in [5.74, 6) is -0.679. The minimum absolute atomic E-state index is 0.0438. The zero-order chi connectivity index (χ0) is 22.7. The predicted octanol–water partition coefficient (Wildman–Crippen LogP) is 3.35. The maximum Gasteiger partial charge on any atom is 0.354 e. The molecule has 10 heteroatoms. The first-order valence-electron chi connectivity index (χ1n) is 9.77. The number of hydrogen-bond donors (Lipinski definition) is 2. The lowest BCUT2D eigenvalue weighted by Gasteiger charge is -2.10. The molecule has 0 unspecified atom stereocenters. The largest absolute Gasteiger partial charge is 0.477 e. The van der Waals surface area contributed by atoms with E-state index in [0.717, 1.165) is 15.7 Å². The van der Waals surface area contributed by atoms with Crippen LogP contribution in [0.4, 0.5) is 0 Å². The molecule has 0 atom stereocenters. The van der Waals surface area contributed by atoms with E-state index in [1.165, 1.54) is 11.3 Å². The van der Waals surface area contributed by atoms with Crippen LogP contribution in [0.3, 0.4) is 0 Å². The zero-order valence-electron chi connectivity index (χ0n) is 17.4. The Hall–Kier alpha value is -3.92. The maximum absolute atomic E-state index is 13.3. The molecule has 5 rings (SSSR count). The molecule has 4 heterocycles. The first-order valence-corrected chi connectivity index (χ1v) is 10.7. The van der Waals surface area contributed by atoms with Crippen molar-refractivity contribution in [3.05, 3.63) is 78.1 Å². The minimum atomic E-state index is -1.25. The van der Waals surface area contributed by atoms with Crippen LogP contribution in [0.1, 0.15) is 33.1 Å². The Morgan fingerprint density at radius 3 is 2.66 bits per heavy atom. The summed E-state index contributed by atoms with van der Waals surface area (Å²) in [5.41, 5.74) is 1.89. The molecule has 0 aliphatic rings. The van der Waals surface area contributed by atoms with Crippen molar-refractivity contribution in [3.63, 3.8) is 0 Å². The number of aromatic carboxylic acids is 1. The second-order valence-electron chi connectivity index (χ2n) is 7.68. The molecule has 1 aromatic carbocycles. The Morgan fingerprint density at radius 2 is 1.97 bits per heavy atom. The van der Waals surface area contributed by atoms with Crippen LogP contribution in [0.15, 0.2) is 43.1 Å². The first-order chi connectivity index (χ1) is 15.3. The number of carbonyl (C=O) groups is 1. The van der Waals surface area contributed by atoms with Gasteiger partial charge in [-0.05, 0) is 32.9 Å². The summed E-state index contributed by atoms with van der Waals surface area (Å²) >= 11 is 1.29. The Balaban J connectivity index is 1.93. The van der Waals surface area contributed by atoms with Crippen molar-refractivity contribution in [2.75, 3.05) is 0 Å². The number of aromatic amines is 1. The molecular formula is C22H18N4O5S. The van der Waals surface area contributed by atoms with Crippen LogP contribution in [0.2, 0.25) is 0 Å². The quantitative estimate of drug-likeness (QED) is 0.433. The van der Waals surface area contributed by atoms with Gasteiger partial charge in [-0.3, -0.25) is 4.79 Å². The summed E-state index contributed by atoms with van der Waals surface area (Å²) in [4.78, 5) is 41.5. The number of nitrogens with zero attached hydrogens (tertiary/aromatic N) is 3. The molecule has 0 bridgehead atoms. The fourth-order valence-electron chi connectivity index (χ4n) is 4.09. The highest BCUT2D eigenvalue weighted by Crippen LogP contribution is 2.31. The molecule has 32 heavy (non-hydrogen) atoms. The molecule has 4 aromatic heterocycles. The number of aryl methyl sites for hydroxylation is 3. The Labute approximate surface area is 184 Å². The number of carboxylic acid groups (broad SMARTS) is 1. The number of benzene rings is 1. The summed E-state index contributed by atoms with van der Waals surface area (Å²) in [5, 5.41) is 18.3. The van der Waals surface area contributed by atoms with Crippen molar-refractivity contribution in [1.29, 1.82) is 0 Å². The van der Waals surface area contributed by atoms with Crippen molar-refractivity contribution < 1.29 is 14.4 Å². The van der Waals surface area contributed by atoms with E-state index in [1.54, 1.807) is 41.3 Å². The summed E-state index contributed by atoms with van der Waals surface area (Å²) in [7, 11) is 0. The SMILES string of the molecule is Cc1ccc2c(c1)c(-n1c(=O)[nH]c3cscc3c1=O)c(C(=O)O)n2Cc1c(C)noc1C. The van der Waals surface area contributed by atoms with Gasteiger partial charge in [-0.25, -0.2) is 14.2 Å². The van der Waals surface area contributed by atoms with Gasteiger partial charge < -0.3 is 19.2 Å². The molecule has 5 aromatic rings. The highest BCUT2D eigenvalue weighted by atomic mass is 32.1. The average Bonchev–Trinajstić information content (AvgIpc) is 3.41. The van der Waals surface area contributed by atoms with Crippen molar-refractivity contribution in [3.8, 4) is 5.69 Å². The van der Waals surface area contributed by atoms with Gasteiger partial charge >= 0.3 is 11.7 Å². The molecule has 0 spiro atoms. The fraction of sp³-hybridized carbons (Fsp3) is 0.182. The molecule has 0 aliphatic carbocycles. The lowest BCUT2D eigenvalue weighted by Crippen LogP contribution is -2.34. The number of thiophene rings is 1. The second-order valence-corrected chi connectivity index (χ2v) is 8.43. The molecule has 9 nitrogen and oxygen atoms in total. The second kappa shape index (κ2) is 7.06. The van der Waals surface area contributed by atoms with Gasteiger partial charge in [0, 0.05) is 21.7 Å². The van der Waals surface area contributed by atoms with Gasteiger partial charge in [0.25, 0.3) is 5.56 Å². The predicted molar refractivity (Wildman–Crippen MR) is 120 cm³/mol. The Kier molecular flexibility index (Phi) is 4.41. The van der Waals surface area contributed by atoms with E-state index < -0.39 is 17.2 Å². The standard InChI is InChI=1S/C22H18N4O5S/c1-10-4-5-17-13(6-10)18(26-20(27)15-8-32-9-16(15)23-22(26)30)19(21(28)29)25(17)7-14-11(2)24-31-12(14)3/h4-6,8-9H,7H2,1-3H3,(H,23,30)(H,28,29). The number of rotatable bonds is 4. The van der Waals surface area contributed by atoms with E-state index in [2.05, 4.69) is 10.1 Å². The van der Waals surface area contributed by atoms with Gasteiger partial charge in [0.2, 0.25) is 0 Å². The lowest BCUT2D eigenvalue weighted by atomic mass is 10.1. The van der Waals surface area contributed by atoms with Crippen molar-refractivity contribution in [2.24, 2.45) is 0 Å². The van der Waals surface area contributed by atoms with Crippen LogP contribution in [-0.2, 0) is 6.54 Å². The highest BCUT2D eigenvalue weighted by molar-refractivity contribution is 7.09. The summed E-state index contributed by atoms with van der Waals surface area (Å²) in [6.07, 6.45) is 0. The molecular weight excluding hydrogens is 432 g/mol. The number of fused-ring (bicyclic) bond motifs is 2. The van der Waals surface area contributed by atoms with Crippen LogP contribution in [-0.4, -0.2) is 30.4 Å². The summed E-state index contributed by atoms with van der Waals surface area (Å²) < 4.78 is 7.75. The molecule has 0 amide bonds. The van der Waals surface area contributed by atoms with E-state index in [4.69, 9.17) is 4.52 Å². The van der Waals surface area contributed by atoms with Gasteiger partial charge in [0.15, 0.2) is 5.69 Å². The number of carboxylic acids is 1. The molecule has 0 fully saturated rings. The smallest absolute Gasteiger partial charge is 0.354 e. The lowest BCUT2D eigenvalue weighted by molar-refractivity contribution is 0.0686. The number of nitrogens with one attached hydrogen (secondary N) is 1. The van der Waals surface area contributed by atoms with Crippen LogP contribution >= 0.6 is 11.3 Å². The van der Waals surface area contributed by atoms with E-state index in [0.29, 0.717) is 33.3 Å². The molecule has 0 saturated carbocycles. The normalized spacial score (nSPS) is 11.6. The summed E-state index contributed by atoms with van der Waals surface area (Å²) in [6.45, 7) is 5.56. The third-order valence-corrected chi connectivity index (χ3v) is 6.40. The fourth-order valence-corrected chi connectivity index (χ4v) is 4.84. The van der Waals surface area contributed by atoms with Crippen LogP contribution in [0.25, 0.3) is 27.5 Å². The molecule has 0 radical (unpaired) electrons. The molecule has 162 valence electrons. The topological polar surface area (TPSA) is 123 Å². The van der Waals surface area contributed by atoms with Gasteiger partial charge in [-0.15, -0.1) is 11.3 Å². The maximum atomic E-state index is 13.3.